The number of carboxylic acids is 1. The van der Waals surface area contributed by atoms with E-state index in [-0.39, 0.29) is 0 Å². The van der Waals surface area contributed by atoms with Crippen LogP contribution in [0, 0.1) is 0 Å². The maximum atomic E-state index is 11.8. The summed E-state index contributed by atoms with van der Waals surface area (Å²) in [6, 6.07) is 12.4. The standard InChI is InChI=1S/C22H25NO6/c1-26-16-9-8-15(14-19(16)27-13-12-23-10-4-5-11-23)20-21(22(24)25)29-18-7-3-2-6-17(18)28-20/h2-3,6-9,14,20-21H,4-5,10-13H2,1H3,(H,24,25). The summed E-state index contributed by atoms with van der Waals surface area (Å²) >= 11 is 0. The van der Waals surface area contributed by atoms with Gasteiger partial charge in [0.1, 0.15) is 6.61 Å². The van der Waals surface area contributed by atoms with Gasteiger partial charge in [-0.15, -0.1) is 0 Å². The van der Waals surface area contributed by atoms with E-state index in [9.17, 15) is 9.90 Å². The molecule has 29 heavy (non-hydrogen) atoms. The smallest absolute Gasteiger partial charge is 0.349 e. The van der Waals surface area contributed by atoms with Crippen LogP contribution in [0.15, 0.2) is 42.5 Å². The Morgan fingerprint density at radius 2 is 1.83 bits per heavy atom. The number of aliphatic carboxylic acids is 1. The van der Waals surface area contributed by atoms with Crippen molar-refractivity contribution in [3.05, 3.63) is 48.0 Å². The molecule has 7 nitrogen and oxygen atoms in total. The molecule has 1 N–H and O–H groups in total. The van der Waals surface area contributed by atoms with Crippen LogP contribution in [0.25, 0.3) is 0 Å². The Bertz CT molecular complexity index is 864. The van der Waals surface area contributed by atoms with Gasteiger partial charge < -0.3 is 24.1 Å². The molecular weight excluding hydrogens is 374 g/mol. The zero-order valence-corrected chi connectivity index (χ0v) is 16.4. The maximum Gasteiger partial charge on any atom is 0.349 e. The average Bonchev–Trinajstić information content (AvgIpc) is 3.26. The van der Waals surface area contributed by atoms with E-state index in [0.29, 0.717) is 35.2 Å². The minimum absolute atomic E-state index is 0.423. The highest BCUT2D eigenvalue weighted by Crippen LogP contribution is 2.41. The third kappa shape index (κ3) is 4.24. The Hall–Kier alpha value is -2.93. The monoisotopic (exact) mass is 399 g/mol. The van der Waals surface area contributed by atoms with Gasteiger partial charge in [-0.1, -0.05) is 18.2 Å². The van der Waals surface area contributed by atoms with Gasteiger partial charge >= 0.3 is 5.97 Å². The molecule has 1 saturated heterocycles. The van der Waals surface area contributed by atoms with Gasteiger partial charge in [0, 0.05) is 12.1 Å². The van der Waals surface area contributed by atoms with E-state index >= 15 is 0 Å². The molecule has 7 heteroatoms. The second-order valence-electron chi connectivity index (χ2n) is 7.17. The minimum atomic E-state index is -1.16. The molecule has 0 aliphatic carbocycles. The number of carbonyl (C=O) groups is 1. The van der Waals surface area contributed by atoms with Crippen LogP contribution in [0.1, 0.15) is 24.5 Å². The Kier molecular flexibility index (Phi) is 5.76. The molecule has 154 valence electrons. The average molecular weight is 399 g/mol. The number of benzene rings is 2. The number of rotatable bonds is 7. The van der Waals surface area contributed by atoms with Crippen LogP contribution in [-0.2, 0) is 4.79 Å². The summed E-state index contributed by atoms with van der Waals surface area (Å²) in [4.78, 5) is 14.2. The van der Waals surface area contributed by atoms with Gasteiger partial charge in [-0.05, 0) is 50.2 Å². The quantitative estimate of drug-likeness (QED) is 0.766. The molecule has 4 rings (SSSR count). The lowest BCUT2D eigenvalue weighted by Crippen LogP contribution is -2.39. The molecule has 0 saturated carbocycles. The lowest BCUT2D eigenvalue weighted by molar-refractivity contribution is -0.151. The van der Waals surface area contributed by atoms with Gasteiger partial charge in [0.25, 0.3) is 0 Å². The van der Waals surface area contributed by atoms with Crippen molar-refractivity contribution in [3.63, 3.8) is 0 Å². The molecule has 2 atom stereocenters. The van der Waals surface area contributed by atoms with Crippen LogP contribution in [0.3, 0.4) is 0 Å². The zero-order valence-electron chi connectivity index (χ0n) is 16.4. The van der Waals surface area contributed by atoms with Crippen LogP contribution >= 0.6 is 0 Å². The molecule has 0 aromatic heterocycles. The second kappa shape index (κ2) is 8.61. The first-order valence-corrected chi connectivity index (χ1v) is 9.84. The maximum absolute atomic E-state index is 11.8. The molecule has 1 fully saturated rings. The van der Waals surface area contributed by atoms with Crippen molar-refractivity contribution >= 4 is 5.97 Å². The van der Waals surface area contributed by atoms with Crippen LogP contribution in [0.4, 0.5) is 0 Å². The molecule has 2 unspecified atom stereocenters. The summed E-state index contributed by atoms with van der Waals surface area (Å²) in [6.07, 6.45) is 0.510. The first-order chi connectivity index (χ1) is 14.2. The predicted molar refractivity (Wildman–Crippen MR) is 106 cm³/mol. The summed E-state index contributed by atoms with van der Waals surface area (Å²) in [5, 5.41) is 9.66. The van der Waals surface area contributed by atoms with Gasteiger partial charge in [0.2, 0.25) is 6.10 Å². The highest BCUT2D eigenvalue weighted by Gasteiger charge is 2.38. The molecular formula is C22H25NO6. The second-order valence-corrected chi connectivity index (χ2v) is 7.17. The van der Waals surface area contributed by atoms with Crippen LogP contribution in [0.2, 0.25) is 0 Å². The molecule has 2 aliphatic heterocycles. The van der Waals surface area contributed by atoms with Crippen molar-refractivity contribution < 1.29 is 28.8 Å². The number of likely N-dealkylation sites (tertiary alicyclic amines) is 1. The van der Waals surface area contributed by atoms with Crippen molar-refractivity contribution in [2.24, 2.45) is 0 Å². The van der Waals surface area contributed by atoms with Gasteiger partial charge in [0.15, 0.2) is 29.1 Å². The highest BCUT2D eigenvalue weighted by atomic mass is 16.6. The number of methoxy groups -OCH3 is 1. The van der Waals surface area contributed by atoms with E-state index in [0.717, 1.165) is 19.6 Å². The zero-order chi connectivity index (χ0) is 20.2. The Morgan fingerprint density at radius 3 is 2.52 bits per heavy atom. The summed E-state index contributed by atoms with van der Waals surface area (Å²) in [6.45, 7) is 3.59. The lowest BCUT2D eigenvalue weighted by atomic mass is 10.0. The Morgan fingerprint density at radius 1 is 1.10 bits per heavy atom. The van der Waals surface area contributed by atoms with Crippen molar-refractivity contribution in [2.75, 3.05) is 33.4 Å². The van der Waals surface area contributed by atoms with Crippen LogP contribution < -0.4 is 18.9 Å². The topological polar surface area (TPSA) is 77.5 Å². The number of para-hydroxylation sites is 2. The van der Waals surface area contributed by atoms with Gasteiger partial charge in [-0.2, -0.15) is 0 Å². The Balaban J connectivity index is 1.55. The first kappa shape index (κ1) is 19.4. The van der Waals surface area contributed by atoms with Crippen molar-refractivity contribution in [1.82, 2.24) is 4.90 Å². The summed E-state index contributed by atoms with van der Waals surface area (Å²) in [7, 11) is 1.58. The number of hydrogen-bond donors (Lipinski definition) is 1. The predicted octanol–water partition coefficient (Wildman–Crippen LogP) is 3.14. The van der Waals surface area contributed by atoms with Crippen molar-refractivity contribution in [2.45, 2.75) is 25.0 Å². The van der Waals surface area contributed by atoms with Gasteiger partial charge in [-0.3, -0.25) is 4.90 Å². The fourth-order valence-corrected chi connectivity index (χ4v) is 3.74. The van der Waals surface area contributed by atoms with Crippen LogP contribution in [-0.4, -0.2) is 55.4 Å². The molecule has 0 bridgehead atoms. The molecule has 0 amide bonds. The molecule has 2 heterocycles. The molecule has 2 aliphatic rings. The van der Waals surface area contributed by atoms with E-state index in [1.54, 1.807) is 43.5 Å². The molecule has 0 radical (unpaired) electrons. The minimum Gasteiger partial charge on any atom is -0.493 e. The number of nitrogens with zero attached hydrogens (tertiary/aromatic N) is 1. The molecule has 0 spiro atoms. The first-order valence-electron chi connectivity index (χ1n) is 9.84. The summed E-state index contributed by atoms with van der Waals surface area (Å²) in [5.41, 5.74) is 0.656. The largest absolute Gasteiger partial charge is 0.493 e. The molecule has 2 aromatic rings. The van der Waals surface area contributed by atoms with Gasteiger partial charge in [0.05, 0.1) is 7.11 Å². The van der Waals surface area contributed by atoms with Crippen molar-refractivity contribution in [1.29, 1.82) is 0 Å². The van der Waals surface area contributed by atoms with E-state index in [1.165, 1.54) is 12.8 Å². The van der Waals surface area contributed by atoms with E-state index in [4.69, 9.17) is 18.9 Å². The van der Waals surface area contributed by atoms with E-state index in [1.807, 2.05) is 6.07 Å². The van der Waals surface area contributed by atoms with Crippen molar-refractivity contribution in [3.8, 4) is 23.0 Å². The normalized spacial score (nSPS) is 21.0. The third-order valence-electron chi connectivity index (χ3n) is 5.26. The SMILES string of the molecule is COc1ccc(C2Oc3ccccc3OC2C(=O)O)cc1OCCN1CCCC1. The Labute approximate surface area is 169 Å². The highest BCUT2D eigenvalue weighted by molar-refractivity contribution is 5.75. The summed E-state index contributed by atoms with van der Waals surface area (Å²) < 4.78 is 23.1. The molecule has 2 aromatic carbocycles. The fourth-order valence-electron chi connectivity index (χ4n) is 3.74. The number of carboxylic acid groups (broad SMARTS) is 1. The number of hydrogen-bond acceptors (Lipinski definition) is 6. The van der Waals surface area contributed by atoms with Crippen LogP contribution in [0.5, 0.6) is 23.0 Å². The third-order valence-corrected chi connectivity index (χ3v) is 5.26. The van der Waals surface area contributed by atoms with E-state index < -0.39 is 18.2 Å². The number of ether oxygens (including phenoxy) is 4. The fraction of sp³-hybridized carbons (Fsp3) is 0.409. The van der Waals surface area contributed by atoms with Gasteiger partial charge in [-0.25, -0.2) is 4.79 Å². The lowest BCUT2D eigenvalue weighted by Gasteiger charge is -2.32. The summed E-state index contributed by atoms with van der Waals surface area (Å²) in [5.74, 6) is 1.01. The van der Waals surface area contributed by atoms with E-state index in [2.05, 4.69) is 4.90 Å². The number of fused-ring (bicyclic) bond motifs is 1.